The molecule has 0 saturated carbocycles. The number of nitriles is 2. The van der Waals surface area contributed by atoms with E-state index in [4.69, 9.17) is 22.1 Å². The average Bonchev–Trinajstić information content (AvgIpc) is 2.46. The number of aliphatic imine (C=N–C) groups is 1. The molecule has 0 saturated heterocycles. The number of allylic oxidation sites excluding steroid dienone is 1. The van der Waals surface area contributed by atoms with Crippen LogP contribution in [-0.2, 0) is 4.74 Å². The van der Waals surface area contributed by atoms with E-state index in [1.165, 1.54) is 7.11 Å². The molecule has 1 aromatic carbocycles. The van der Waals surface area contributed by atoms with Crippen LogP contribution in [0.5, 0.6) is 0 Å². The highest BCUT2D eigenvalue weighted by atomic mass is 35.5. The molecule has 5 nitrogen and oxygen atoms in total. The van der Waals surface area contributed by atoms with Crippen molar-refractivity contribution in [1.82, 2.24) is 0 Å². The lowest BCUT2D eigenvalue weighted by atomic mass is 9.79. The van der Waals surface area contributed by atoms with Crippen molar-refractivity contribution in [3.8, 4) is 12.1 Å². The van der Waals surface area contributed by atoms with Crippen molar-refractivity contribution in [3.05, 3.63) is 46.3 Å². The van der Waals surface area contributed by atoms with Gasteiger partial charge in [-0.3, -0.25) is 0 Å². The summed E-state index contributed by atoms with van der Waals surface area (Å²) in [7, 11) is 1.41. The van der Waals surface area contributed by atoms with Crippen LogP contribution in [0.2, 0.25) is 5.02 Å². The number of rotatable bonds is 2. The van der Waals surface area contributed by atoms with Crippen molar-refractivity contribution < 1.29 is 4.74 Å². The van der Waals surface area contributed by atoms with E-state index in [1.807, 2.05) is 0 Å². The van der Waals surface area contributed by atoms with Crippen molar-refractivity contribution in [2.24, 2.45) is 16.6 Å². The summed E-state index contributed by atoms with van der Waals surface area (Å²) in [4.78, 5) is 3.98. The molecular weight excluding hydrogens is 276 g/mol. The minimum absolute atomic E-state index is 0.142. The zero-order valence-electron chi connectivity index (χ0n) is 10.7. The lowest BCUT2D eigenvalue weighted by Gasteiger charge is -2.26. The molecule has 100 valence electrons. The number of nitrogens with zero attached hydrogens (tertiary/aromatic N) is 3. The molecule has 2 rings (SSSR count). The van der Waals surface area contributed by atoms with E-state index in [-0.39, 0.29) is 17.3 Å². The smallest absolute Gasteiger partial charge is 0.229 e. The van der Waals surface area contributed by atoms with E-state index in [9.17, 15) is 10.5 Å². The van der Waals surface area contributed by atoms with Crippen LogP contribution in [0.3, 0.4) is 0 Å². The van der Waals surface area contributed by atoms with Crippen LogP contribution in [0, 0.1) is 28.6 Å². The second-order valence-corrected chi connectivity index (χ2v) is 4.64. The van der Waals surface area contributed by atoms with Crippen LogP contribution < -0.4 is 5.73 Å². The van der Waals surface area contributed by atoms with Gasteiger partial charge in [0.15, 0.2) is 0 Å². The summed E-state index contributed by atoms with van der Waals surface area (Å²) >= 11 is 5.86. The number of benzene rings is 1. The molecule has 0 amide bonds. The van der Waals surface area contributed by atoms with Gasteiger partial charge in [0, 0.05) is 10.9 Å². The standard InChI is InChI=1S/C14H11ClN4O/c1-20-14-11(7-17)12(10(6-16)13(18)19-14)8-2-4-9(15)5-3-8/h2-5,10,12H,1H3,(H2,18,19). The summed E-state index contributed by atoms with van der Waals surface area (Å²) in [6.07, 6.45) is 0. The Kier molecular flexibility index (Phi) is 3.93. The van der Waals surface area contributed by atoms with E-state index < -0.39 is 11.8 Å². The van der Waals surface area contributed by atoms with Gasteiger partial charge in [0.2, 0.25) is 5.88 Å². The van der Waals surface area contributed by atoms with Crippen molar-refractivity contribution in [3.63, 3.8) is 0 Å². The molecule has 0 aromatic heterocycles. The largest absolute Gasteiger partial charge is 0.480 e. The Labute approximate surface area is 121 Å². The van der Waals surface area contributed by atoms with Gasteiger partial charge in [-0.2, -0.15) is 15.5 Å². The molecule has 1 aliphatic rings. The Hall–Kier alpha value is -2.50. The summed E-state index contributed by atoms with van der Waals surface area (Å²) < 4.78 is 5.09. The summed E-state index contributed by atoms with van der Waals surface area (Å²) in [5.41, 5.74) is 6.86. The number of nitrogens with two attached hydrogens (primary N) is 1. The first kappa shape index (κ1) is 13.9. The van der Waals surface area contributed by atoms with Crippen molar-refractivity contribution >= 4 is 17.4 Å². The van der Waals surface area contributed by atoms with Gasteiger partial charge in [0.05, 0.1) is 13.2 Å². The van der Waals surface area contributed by atoms with Crippen LogP contribution in [0.4, 0.5) is 0 Å². The monoisotopic (exact) mass is 286 g/mol. The topological polar surface area (TPSA) is 95.2 Å². The van der Waals surface area contributed by atoms with Gasteiger partial charge in [-0.1, -0.05) is 23.7 Å². The predicted molar refractivity (Wildman–Crippen MR) is 74.6 cm³/mol. The number of hydrogen-bond acceptors (Lipinski definition) is 5. The molecule has 2 N–H and O–H groups in total. The molecule has 1 aromatic rings. The summed E-state index contributed by atoms with van der Waals surface area (Å²) in [5.74, 6) is -0.917. The Morgan fingerprint density at radius 1 is 1.30 bits per heavy atom. The molecular formula is C14H11ClN4O. The first-order valence-corrected chi connectivity index (χ1v) is 6.17. The number of ether oxygens (including phenoxy) is 1. The Bertz CT molecular complexity index is 664. The van der Waals surface area contributed by atoms with Crippen molar-refractivity contribution in [2.45, 2.75) is 5.92 Å². The van der Waals surface area contributed by atoms with E-state index >= 15 is 0 Å². The van der Waals surface area contributed by atoms with Gasteiger partial charge in [-0.25, -0.2) is 0 Å². The molecule has 0 fully saturated rings. The van der Waals surface area contributed by atoms with E-state index in [2.05, 4.69) is 17.1 Å². The summed E-state index contributed by atoms with van der Waals surface area (Å²) in [5, 5.41) is 19.2. The molecule has 20 heavy (non-hydrogen) atoms. The van der Waals surface area contributed by atoms with E-state index in [1.54, 1.807) is 24.3 Å². The SMILES string of the molecule is COC1=C(C#N)C(c2ccc(Cl)cc2)C(C#N)C(N)=N1. The summed E-state index contributed by atoms with van der Waals surface area (Å²) in [6.45, 7) is 0. The zero-order valence-corrected chi connectivity index (χ0v) is 11.4. The van der Waals surface area contributed by atoms with Crippen LogP contribution >= 0.6 is 11.6 Å². The molecule has 0 spiro atoms. The predicted octanol–water partition coefficient (Wildman–Crippen LogP) is 2.32. The lowest BCUT2D eigenvalue weighted by Crippen LogP contribution is -2.32. The fourth-order valence-corrected chi connectivity index (χ4v) is 2.29. The van der Waals surface area contributed by atoms with Gasteiger partial charge >= 0.3 is 0 Å². The molecule has 0 aliphatic carbocycles. The third-order valence-electron chi connectivity index (χ3n) is 3.11. The zero-order chi connectivity index (χ0) is 14.7. The minimum atomic E-state index is -0.704. The Balaban J connectivity index is 2.60. The lowest BCUT2D eigenvalue weighted by molar-refractivity contribution is 0.279. The maximum absolute atomic E-state index is 9.35. The van der Waals surface area contributed by atoms with Gasteiger partial charge in [-0.15, -0.1) is 0 Å². The second kappa shape index (κ2) is 5.64. The highest BCUT2D eigenvalue weighted by Gasteiger charge is 2.36. The first-order valence-electron chi connectivity index (χ1n) is 5.79. The molecule has 1 aliphatic heterocycles. The van der Waals surface area contributed by atoms with Crippen molar-refractivity contribution in [1.29, 1.82) is 10.5 Å². The number of halogens is 1. The minimum Gasteiger partial charge on any atom is -0.480 e. The first-order chi connectivity index (χ1) is 9.62. The van der Waals surface area contributed by atoms with Crippen LogP contribution in [0.1, 0.15) is 11.5 Å². The van der Waals surface area contributed by atoms with Gasteiger partial charge in [0.25, 0.3) is 0 Å². The quantitative estimate of drug-likeness (QED) is 0.902. The Morgan fingerprint density at radius 2 is 1.95 bits per heavy atom. The fourth-order valence-electron chi connectivity index (χ4n) is 2.16. The Morgan fingerprint density at radius 3 is 2.45 bits per heavy atom. The molecule has 2 atom stereocenters. The molecule has 6 heteroatoms. The third-order valence-corrected chi connectivity index (χ3v) is 3.36. The van der Waals surface area contributed by atoms with Gasteiger partial charge in [0.1, 0.15) is 23.4 Å². The van der Waals surface area contributed by atoms with Gasteiger partial charge < -0.3 is 10.5 Å². The average molecular weight is 287 g/mol. The summed E-state index contributed by atoms with van der Waals surface area (Å²) in [6, 6.07) is 11.1. The second-order valence-electron chi connectivity index (χ2n) is 4.21. The molecule has 2 unspecified atom stereocenters. The van der Waals surface area contributed by atoms with Crippen LogP contribution in [0.25, 0.3) is 0 Å². The van der Waals surface area contributed by atoms with E-state index in [0.29, 0.717) is 5.02 Å². The fraction of sp³-hybridized carbons (Fsp3) is 0.214. The van der Waals surface area contributed by atoms with Crippen molar-refractivity contribution in [2.75, 3.05) is 7.11 Å². The maximum atomic E-state index is 9.35. The highest BCUT2D eigenvalue weighted by Crippen LogP contribution is 2.37. The number of methoxy groups -OCH3 is 1. The third kappa shape index (κ3) is 2.32. The van der Waals surface area contributed by atoms with E-state index in [0.717, 1.165) is 5.56 Å². The number of hydrogen-bond donors (Lipinski definition) is 1. The van der Waals surface area contributed by atoms with Gasteiger partial charge in [-0.05, 0) is 17.7 Å². The molecule has 0 radical (unpaired) electrons. The molecule has 1 heterocycles. The maximum Gasteiger partial charge on any atom is 0.229 e. The van der Waals surface area contributed by atoms with Crippen LogP contribution in [0.15, 0.2) is 40.7 Å². The number of amidine groups is 1. The highest BCUT2D eigenvalue weighted by molar-refractivity contribution is 6.30. The van der Waals surface area contributed by atoms with Crippen LogP contribution in [-0.4, -0.2) is 12.9 Å². The normalized spacial score (nSPS) is 21.7. The molecule has 0 bridgehead atoms.